The van der Waals surface area contributed by atoms with E-state index in [4.69, 9.17) is 11.6 Å². The summed E-state index contributed by atoms with van der Waals surface area (Å²) in [5.41, 5.74) is 2.22. The molecule has 1 N–H and O–H groups in total. The average Bonchev–Trinajstić information content (AvgIpc) is 2.43. The van der Waals surface area contributed by atoms with Crippen LogP contribution in [0.4, 0.5) is 5.82 Å². The lowest BCUT2D eigenvalue weighted by molar-refractivity contribution is 0.846. The Bertz CT molecular complexity index is 528. The summed E-state index contributed by atoms with van der Waals surface area (Å²) in [5, 5.41) is 3.96. The molecule has 0 aliphatic carbocycles. The summed E-state index contributed by atoms with van der Waals surface area (Å²) in [4.78, 5) is 8.37. The first-order valence-electron chi connectivity index (χ1n) is 6.53. The maximum Gasteiger partial charge on any atom is 0.137 e. The van der Waals surface area contributed by atoms with Gasteiger partial charge in [-0.15, -0.1) is 0 Å². The lowest BCUT2D eigenvalue weighted by Gasteiger charge is -2.17. The van der Waals surface area contributed by atoms with Crippen LogP contribution in [0.3, 0.4) is 0 Å². The van der Waals surface area contributed by atoms with Crippen LogP contribution in [0.2, 0.25) is 5.15 Å². The van der Waals surface area contributed by atoms with Gasteiger partial charge in [0.05, 0.1) is 0 Å². The van der Waals surface area contributed by atoms with Gasteiger partial charge in [0, 0.05) is 11.6 Å². The number of benzene rings is 1. The molecule has 0 saturated carbocycles. The molecular formula is C15H18ClN3. The third kappa shape index (κ3) is 3.44. The van der Waals surface area contributed by atoms with Gasteiger partial charge in [-0.3, -0.25) is 0 Å². The minimum Gasteiger partial charge on any atom is -0.363 e. The number of nitrogens with zero attached hydrogens (tertiary/aromatic N) is 2. The van der Waals surface area contributed by atoms with Crippen molar-refractivity contribution in [2.75, 3.05) is 5.32 Å². The number of halogens is 1. The van der Waals surface area contributed by atoms with Gasteiger partial charge in [0.15, 0.2) is 0 Å². The molecule has 4 heteroatoms. The van der Waals surface area contributed by atoms with E-state index in [1.165, 1.54) is 11.9 Å². The first-order chi connectivity index (χ1) is 9.22. The van der Waals surface area contributed by atoms with E-state index in [0.29, 0.717) is 5.15 Å². The van der Waals surface area contributed by atoms with Crippen LogP contribution in [-0.2, 0) is 6.42 Å². The number of anilines is 1. The Kier molecular flexibility index (Phi) is 4.74. The number of hydrogen-bond acceptors (Lipinski definition) is 3. The summed E-state index contributed by atoms with van der Waals surface area (Å²) >= 11 is 6.15. The maximum atomic E-state index is 6.15. The van der Waals surface area contributed by atoms with Crippen molar-refractivity contribution in [3.8, 4) is 0 Å². The monoisotopic (exact) mass is 275 g/mol. The lowest BCUT2D eigenvalue weighted by Crippen LogP contribution is -2.10. The number of nitrogens with one attached hydrogen (secondary N) is 1. The molecule has 2 aromatic rings. The van der Waals surface area contributed by atoms with Gasteiger partial charge in [-0.05, 0) is 18.9 Å². The molecule has 0 aliphatic heterocycles. The molecule has 0 aliphatic rings. The zero-order chi connectivity index (χ0) is 13.7. The Morgan fingerprint density at radius 1 is 1.21 bits per heavy atom. The summed E-state index contributed by atoms with van der Waals surface area (Å²) in [6.45, 7) is 4.23. The molecule has 0 fully saturated rings. The molecule has 0 saturated heterocycles. The maximum absolute atomic E-state index is 6.15. The Labute approximate surface area is 119 Å². The van der Waals surface area contributed by atoms with Gasteiger partial charge in [-0.25, -0.2) is 9.97 Å². The van der Waals surface area contributed by atoms with Crippen LogP contribution in [0.5, 0.6) is 0 Å². The van der Waals surface area contributed by atoms with Gasteiger partial charge in [0.25, 0.3) is 0 Å². The van der Waals surface area contributed by atoms with Crippen molar-refractivity contribution in [2.24, 2.45) is 0 Å². The predicted octanol–water partition coefficient (Wildman–Crippen LogP) is 4.26. The van der Waals surface area contributed by atoms with Crippen LogP contribution >= 0.6 is 11.6 Å². The topological polar surface area (TPSA) is 37.8 Å². The van der Waals surface area contributed by atoms with E-state index in [1.54, 1.807) is 0 Å². The molecule has 1 heterocycles. The van der Waals surface area contributed by atoms with Gasteiger partial charge in [-0.1, -0.05) is 55.3 Å². The van der Waals surface area contributed by atoms with Crippen LogP contribution in [0, 0.1) is 0 Å². The highest BCUT2D eigenvalue weighted by molar-refractivity contribution is 6.30. The highest BCUT2D eigenvalue weighted by atomic mass is 35.5. The van der Waals surface area contributed by atoms with E-state index in [-0.39, 0.29) is 6.04 Å². The highest BCUT2D eigenvalue weighted by Crippen LogP contribution is 2.25. The Balaban J connectivity index is 2.21. The molecule has 0 amide bonds. The molecule has 3 nitrogen and oxygen atoms in total. The number of hydrogen-bond donors (Lipinski definition) is 1. The van der Waals surface area contributed by atoms with Crippen molar-refractivity contribution in [3.63, 3.8) is 0 Å². The molecule has 0 spiro atoms. The molecule has 2 rings (SSSR count). The quantitative estimate of drug-likeness (QED) is 0.829. The van der Waals surface area contributed by atoms with E-state index in [2.05, 4.69) is 41.3 Å². The minimum atomic E-state index is 0.183. The van der Waals surface area contributed by atoms with E-state index in [9.17, 15) is 0 Å². The first-order valence-corrected chi connectivity index (χ1v) is 6.91. The van der Waals surface area contributed by atoms with Gasteiger partial charge in [0.1, 0.15) is 17.3 Å². The largest absolute Gasteiger partial charge is 0.363 e. The third-order valence-corrected chi connectivity index (χ3v) is 3.37. The molecule has 1 atom stereocenters. The van der Waals surface area contributed by atoms with E-state index in [1.807, 2.05) is 18.2 Å². The summed E-state index contributed by atoms with van der Waals surface area (Å²) in [5.74, 6) is 0.832. The van der Waals surface area contributed by atoms with Gasteiger partial charge in [0.2, 0.25) is 0 Å². The number of rotatable bonds is 5. The van der Waals surface area contributed by atoms with Crippen LogP contribution in [0.15, 0.2) is 36.7 Å². The second-order valence-electron chi connectivity index (χ2n) is 4.52. The predicted molar refractivity (Wildman–Crippen MR) is 79.5 cm³/mol. The van der Waals surface area contributed by atoms with Crippen LogP contribution in [0.25, 0.3) is 0 Å². The van der Waals surface area contributed by atoms with Crippen molar-refractivity contribution < 1.29 is 0 Å². The summed E-state index contributed by atoms with van der Waals surface area (Å²) in [6, 6.07) is 10.5. The standard InChI is InChI=1S/C15H18ClN3/c1-3-7-13-14(16)17-10-18-15(13)19-11(2)12-8-5-4-6-9-12/h4-6,8-11H,3,7H2,1-2H3,(H,17,18,19). The first kappa shape index (κ1) is 13.8. The molecule has 1 aromatic heterocycles. The van der Waals surface area contributed by atoms with Gasteiger partial charge in [-0.2, -0.15) is 0 Å². The highest BCUT2D eigenvalue weighted by Gasteiger charge is 2.12. The third-order valence-electron chi connectivity index (χ3n) is 3.05. The minimum absolute atomic E-state index is 0.183. The molecule has 19 heavy (non-hydrogen) atoms. The summed E-state index contributed by atoms with van der Waals surface area (Å²) in [7, 11) is 0. The van der Waals surface area contributed by atoms with Gasteiger partial charge < -0.3 is 5.32 Å². The fourth-order valence-electron chi connectivity index (χ4n) is 2.02. The van der Waals surface area contributed by atoms with Crippen molar-refractivity contribution in [2.45, 2.75) is 32.7 Å². The van der Waals surface area contributed by atoms with Gasteiger partial charge >= 0.3 is 0 Å². The van der Waals surface area contributed by atoms with Crippen molar-refractivity contribution in [1.29, 1.82) is 0 Å². The van der Waals surface area contributed by atoms with E-state index in [0.717, 1.165) is 24.2 Å². The normalized spacial score (nSPS) is 12.2. The van der Waals surface area contributed by atoms with E-state index < -0.39 is 0 Å². The second kappa shape index (κ2) is 6.53. The summed E-state index contributed by atoms with van der Waals surface area (Å²) < 4.78 is 0. The van der Waals surface area contributed by atoms with Crippen LogP contribution < -0.4 is 5.32 Å². The molecule has 1 unspecified atom stereocenters. The fraction of sp³-hybridized carbons (Fsp3) is 0.333. The zero-order valence-electron chi connectivity index (χ0n) is 11.2. The molecule has 0 bridgehead atoms. The zero-order valence-corrected chi connectivity index (χ0v) is 12.0. The van der Waals surface area contributed by atoms with Crippen molar-refractivity contribution in [1.82, 2.24) is 9.97 Å². The molecule has 0 radical (unpaired) electrons. The molecular weight excluding hydrogens is 258 g/mol. The molecule has 1 aromatic carbocycles. The van der Waals surface area contributed by atoms with Crippen molar-refractivity contribution >= 4 is 17.4 Å². The molecule has 100 valence electrons. The van der Waals surface area contributed by atoms with E-state index >= 15 is 0 Å². The average molecular weight is 276 g/mol. The smallest absolute Gasteiger partial charge is 0.137 e. The lowest BCUT2D eigenvalue weighted by atomic mass is 10.1. The number of aromatic nitrogens is 2. The second-order valence-corrected chi connectivity index (χ2v) is 4.88. The van der Waals surface area contributed by atoms with Crippen LogP contribution in [0.1, 0.15) is 37.4 Å². The SMILES string of the molecule is CCCc1c(Cl)ncnc1NC(C)c1ccccc1. The van der Waals surface area contributed by atoms with Crippen molar-refractivity contribution in [3.05, 3.63) is 52.9 Å². The van der Waals surface area contributed by atoms with Crippen LogP contribution in [-0.4, -0.2) is 9.97 Å². The Hall–Kier alpha value is -1.61. The fourth-order valence-corrected chi connectivity index (χ4v) is 2.24. The Morgan fingerprint density at radius 3 is 2.63 bits per heavy atom. The Morgan fingerprint density at radius 2 is 1.95 bits per heavy atom. The summed E-state index contributed by atoms with van der Waals surface area (Å²) in [6.07, 6.45) is 3.40.